The van der Waals surface area contributed by atoms with Gasteiger partial charge in [-0.3, -0.25) is 0 Å². The number of aliphatic hydroxyl groups is 8. The Morgan fingerprint density at radius 1 is 0.424 bits per heavy atom. The summed E-state index contributed by atoms with van der Waals surface area (Å²) in [5.74, 6) is 0. The topological polar surface area (TPSA) is 162 Å². The minimum absolute atomic E-state index is 0. The second-order valence-corrected chi connectivity index (χ2v) is 7.44. The molecule has 0 aliphatic heterocycles. The normalized spacial score (nSPS) is 13.5. The van der Waals surface area contributed by atoms with E-state index in [1.807, 2.05) is 27.7 Å². The molecule has 0 fully saturated rings. The van der Waals surface area contributed by atoms with Crippen LogP contribution in [0.15, 0.2) is 0 Å². The fourth-order valence-corrected chi connectivity index (χ4v) is 2.29. The van der Waals surface area contributed by atoms with E-state index in [0.717, 1.165) is 77.8 Å². The van der Waals surface area contributed by atoms with E-state index < -0.39 is 0 Å². The zero-order valence-corrected chi connectivity index (χ0v) is 22.7. The molecule has 0 aromatic carbocycles. The van der Waals surface area contributed by atoms with Crippen molar-refractivity contribution in [3.05, 3.63) is 26.4 Å². The molecule has 0 aliphatic rings. The van der Waals surface area contributed by atoms with Gasteiger partial charge in [-0.05, 0) is 25.7 Å². The largest absolute Gasteiger partial charge is 4.00 e. The first-order chi connectivity index (χ1) is 15.2. The summed E-state index contributed by atoms with van der Waals surface area (Å²) in [5, 5.41) is 68.1. The molecule has 8 N–H and O–H groups in total. The first-order valence-corrected chi connectivity index (χ1v) is 11.8. The zero-order chi connectivity index (χ0) is 25.6. The van der Waals surface area contributed by atoms with Crippen molar-refractivity contribution in [3.8, 4) is 0 Å². The summed E-state index contributed by atoms with van der Waals surface area (Å²) in [7, 11) is 0. The Labute approximate surface area is 218 Å². The maximum absolute atomic E-state index is 8.86. The molecule has 0 aromatic heterocycles. The fraction of sp³-hybridized carbons (Fsp3) is 0.833. The van der Waals surface area contributed by atoms with Gasteiger partial charge in [0.25, 0.3) is 0 Å². The third kappa shape index (κ3) is 50.3. The molecule has 0 amide bonds. The maximum Gasteiger partial charge on any atom is 4.00 e. The average molecular weight is 517 g/mol. The van der Waals surface area contributed by atoms with Crippen molar-refractivity contribution >= 4 is 0 Å². The Balaban J connectivity index is -0.000000105. The van der Waals surface area contributed by atoms with Gasteiger partial charge >= 0.3 is 21.7 Å². The van der Waals surface area contributed by atoms with Crippen molar-refractivity contribution in [1.82, 2.24) is 0 Å². The van der Waals surface area contributed by atoms with Crippen LogP contribution in [0.25, 0.3) is 0 Å². The van der Waals surface area contributed by atoms with Crippen LogP contribution >= 0.6 is 0 Å². The Morgan fingerprint density at radius 2 is 0.576 bits per heavy atom. The molecule has 0 saturated heterocycles. The average Bonchev–Trinajstić information content (AvgIpc) is 2.71. The Kier molecular flexibility index (Phi) is 52.2. The molecule has 9 heteroatoms. The van der Waals surface area contributed by atoms with E-state index in [1.54, 1.807) is 0 Å². The van der Waals surface area contributed by atoms with E-state index in [1.165, 1.54) is 0 Å². The first-order valence-electron chi connectivity index (χ1n) is 11.8. The van der Waals surface area contributed by atoms with Crippen LogP contribution < -0.4 is 0 Å². The van der Waals surface area contributed by atoms with Crippen LogP contribution in [0.1, 0.15) is 105 Å². The summed E-state index contributed by atoms with van der Waals surface area (Å²) in [6, 6.07) is 0. The Bertz CT molecular complexity index is 222. The molecule has 0 aliphatic carbocycles. The van der Waals surface area contributed by atoms with E-state index in [0.29, 0.717) is 25.7 Å². The van der Waals surface area contributed by atoms with E-state index in [9.17, 15) is 0 Å². The van der Waals surface area contributed by atoms with Crippen LogP contribution in [0, 0.1) is 26.4 Å². The van der Waals surface area contributed by atoms with Crippen LogP contribution in [-0.4, -0.2) is 65.3 Å². The fourth-order valence-electron chi connectivity index (χ4n) is 2.29. The van der Waals surface area contributed by atoms with Crippen molar-refractivity contribution in [3.63, 3.8) is 0 Å². The van der Waals surface area contributed by atoms with Crippen molar-refractivity contribution in [2.75, 3.05) is 0 Å². The molecule has 0 saturated carbocycles. The van der Waals surface area contributed by atoms with E-state index in [-0.39, 0.29) is 46.1 Å². The van der Waals surface area contributed by atoms with E-state index in [4.69, 9.17) is 40.9 Å². The Hall–Kier alpha value is 0.394. The SMILES string of the molecule is CCCC(O)C[CH-]O.CCCC(O)C[CH-]O.CCCC(O)C[CH-]O.CCCC(O)C[CH-]O.[Ti+4]. The predicted molar refractivity (Wildman–Crippen MR) is 127 cm³/mol. The van der Waals surface area contributed by atoms with Gasteiger partial charge in [0.2, 0.25) is 0 Å². The van der Waals surface area contributed by atoms with Gasteiger partial charge in [0.15, 0.2) is 0 Å². The minimum atomic E-state index is -0.343. The van der Waals surface area contributed by atoms with Gasteiger partial charge in [-0.1, -0.05) is 53.4 Å². The first kappa shape index (κ1) is 43.5. The third-order valence-corrected chi connectivity index (χ3v) is 4.00. The summed E-state index contributed by atoms with van der Waals surface area (Å²) in [4.78, 5) is 0. The molecule has 4 atom stereocenters. The van der Waals surface area contributed by atoms with Gasteiger partial charge in [-0.15, -0.1) is 25.7 Å². The van der Waals surface area contributed by atoms with Crippen LogP contribution in [-0.2, 0) is 21.7 Å². The third-order valence-electron chi connectivity index (χ3n) is 4.00. The second-order valence-electron chi connectivity index (χ2n) is 7.44. The van der Waals surface area contributed by atoms with Gasteiger partial charge in [0.1, 0.15) is 0 Å². The molecule has 0 rings (SSSR count). The number of hydrogen-bond acceptors (Lipinski definition) is 8. The van der Waals surface area contributed by atoms with Gasteiger partial charge in [0.05, 0.1) is 0 Å². The minimum Gasteiger partial charge on any atom is -0.566 e. The molecule has 0 spiro atoms. The summed E-state index contributed by atoms with van der Waals surface area (Å²) in [6.45, 7) is 12.0. The standard InChI is InChI=1S/4C6H13O2.Ti/c4*1-2-3-6(8)4-5-7;/h4*5-8H,2-4H2,1H3;/q4*-1;+4. The number of rotatable bonds is 16. The summed E-state index contributed by atoms with van der Waals surface area (Å²) in [6.07, 6.45) is 7.18. The van der Waals surface area contributed by atoms with Crippen LogP contribution in [0.4, 0.5) is 0 Å². The smallest absolute Gasteiger partial charge is 0.566 e. The monoisotopic (exact) mass is 516 g/mol. The quantitative estimate of drug-likeness (QED) is 0.111. The van der Waals surface area contributed by atoms with Gasteiger partial charge in [0, 0.05) is 24.4 Å². The molecule has 8 nitrogen and oxygen atoms in total. The van der Waals surface area contributed by atoms with Crippen LogP contribution in [0.2, 0.25) is 0 Å². The van der Waals surface area contributed by atoms with Crippen molar-refractivity contribution in [2.24, 2.45) is 0 Å². The zero-order valence-electron chi connectivity index (χ0n) is 21.2. The maximum atomic E-state index is 8.86. The molecular weight excluding hydrogens is 464 g/mol. The van der Waals surface area contributed by atoms with Crippen molar-refractivity contribution in [1.29, 1.82) is 0 Å². The van der Waals surface area contributed by atoms with Crippen LogP contribution in [0.5, 0.6) is 0 Å². The Morgan fingerprint density at radius 3 is 0.667 bits per heavy atom. The van der Waals surface area contributed by atoms with E-state index in [2.05, 4.69) is 0 Å². The molecule has 0 radical (unpaired) electrons. The molecule has 33 heavy (non-hydrogen) atoms. The van der Waals surface area contributed by atoms with Crippen LogP contribution in [0.3, 0.4) is 0 Å². The number of aliphatic hydroxyl groups excluding tert-OH is 8. The molecule has 0 heterocycles. The van der Waals surface area contributed by atoms with Crippen molar-refractivity contribution in [2.45, 2.75) is 129 Å². The molecular formula is C24H52O8Ti. The molecule has 4 unspecified atom stereocenters. The summed E-state index contributed by atoms with van der Waals surface area (Å²) >= 11 is 0. The van der Waals surface area contributed by atoms with Gasteiger partial charge < -0.3 is 40.9 Å². The van der Waals surface area contributed by atoms with Crippen molar-refractivity contribution < 1.29 is 62.6 Å². The number of hydrogen-bond donors (Lipinski definition) is 8. The predicted octanol–water partition coefficient (Wildman–Crippen LogP) is 4.28. The second kappa shape index (κ2) is 39.6. The van der Waals surface area contributed by atoms with Gasteiger partial charge in [-0.25, -0.2) is 26.4 Å². The summed E-state index contributed by atoms with van der Waals surface area (Å²) < 4.78 is 0. The van der Waals surface area contributed by atoms with Gasteiger partial charge in [-0.2, -0.15) is 0 Å². The summed E-state index contributed by atoms with van der Waals surface area (Å²) in [5.41, 5.74) is 0. The van der Waals surface area contributed by atoms with E-state index >= 15 is 0 Å². The molecule has 0 bridgehead atoms. The molecule has 0 aromatic rings. The molecule has 200 valence electrons.